The van der Waals surface area contributed by atoms with Gasteiger partial charge < -0.3 is 10.8 Å². The van der Waals surface area contributed by atoms with Gasteiger partial charge in [0.2, 0.25) is 0 Å². The molecule has 0 radical (unpaired) electrons. The average Bonchev–Trinajstić information content (AvgIpc) is 2.65. The Kier molecular flexibility index (Phi) is 4.95. The molecule has 1 aromatic rings. The van der Waals surface area contributed by atoms with Crippen LogP contribution in [0.4, 0.5) is 0 Å². The van der Waals surface area contributed by atoms with Crippen molar-refractivity contribution in [3.8, 4) is 0 Å². The van der Waals surface area contributed by atoms with E-state index in [2.05, 4.69) is 17.5 Å². The molecule has 1 unspecified atom stereocenters. The second-order valence-corrected chi connectivity index (χ2v) is 6.04. The van der Waals surface area contributed by atoms with Crippen LogP contribution >= 0.6 is 23.1 Å². The summed E-state index contributed by atoms with van der Waals surface area (Å²) >= 11 is 3.63. The quantitative estimate of drug-likeness (QED) is 0.583. The largest absolute Gasteiger partial charge is 0.394 e. The maximum Gasteiger partial charge on any atom is 0.0608 e. The summed E-state index contributed by atoms with van der Waals surface area (Å²) in [6, 6.07) is 4.19. The number of aliphatic hydroxyl groups excluding tert-OH is 1. The van der Waals surface area contributed by atoms with E-state index in [1.54, 1.807) is 11.3 Å². The van der Waals surface area contributed by atoms with Crippen LogP contribution < -0.4 is 5.73 Å². The van der Waals surface area contributed by atoms with Gasteiger partial charge in [0, 0.05) is 5.54 Å². The van der Waals surface area contributed by atoms with E-state index in [0.29, 0.717) is 0 Å². The lowest BCUT2D eigenvalue weighted by Crippen LogP contribution is -2.40. The van der Waals surface area contributed by atoms with E-state index in [4.69, 9.17) is 10.8 Å². The van der Waals surface area contributed by atoms with Crippen LogP contribution in [0.1, 0.15) is 19.8 Å². The van der Waals surface area contributed by atoms with Crippen molar-refractivity contribution >= 4 is 23.1 Å². The van der Waals surface area contributed by atoms with Crippen LogP contribution in [0.15, 0.2) is 21.7 Å². The third-order valence-corrected chi connectivity index (χ3v) is 4.21. The molecule has 0 amide bonds. The van der Waals surface area contributed by atoms with E-state index >= 15 is 0 Å². The lowest BCUT2D eigenvalue weighted by Gasteiger charge is -2.20. The molecular weight excluding hydrogens is 214 g/mol. The van der Waals surface area contributed by atoms with Crippen LogP contribution in [0, 0.1) is 0 Å². The zero-order chi connectivity index (χ0) is 10.4. The minimum Gasteiger partial charge on any atom is -0.394 e. The molecule has 0 aliphatic carbocycles. The summed E-state index contributed by atoms with van der Waals surface area (Å²) in [6.45, 7) is 1.96. The van der Waals surface area contributed by atoms with E-state index in [-0.39, 0.29) is 6.61 Å². The fourth-order valence-corrected chi connectivity index (χ4v) is 2.88. The predicted molar refractivity (Wildman–Crippen MR) is 64.0 cm³/mol. The van der Waals surface area contributed by atoms with Gasteiger partial charge in [0.25, 0.3) is 0 Å². The number of thiophene rings is 1. The summed E-state index contributed by atoms with van der Waals surface area (Å²) < 4.78 is 1.35. The van der Waals surface area contributed by atoms with Gasteiger partial charge in [-0.2, -0.15) is 0 Å². The second-order valence-electron chi connectivity index (χ2n) is 3.70. The molecule has 0 aromatic carbocycles. The summed E-state index contributed by atoms with van der Waals surface area (Å²) in [5.41, 5.74) is 5.41. The molecule has 0 bridgehead atoms. The number of nitrogens with two attached hydrogens (primary N) is 1. The Balaban J connectivity index is 2.11. The normalized spacial score (nSPS) is 15.4. The number of hydrogen-bond donors (Lipinski definition) is 2. The van der Waals surface area contributed by atoms with Gasteiger partial charge in [0.05, 0.1) is 10.8 Å². The van der Waals surface area contributed by atoms with Crippen molar-refractivity contribution in [3.63, 3.8) is 0 Å². The minimum absolute atomic E-state index is 0.0661. The van der Waals surface area contributed by atoms with Gasteiger partial charge in [-0.3, -0.25) is 0 Å². The second kappa shape index (κ2) is 5.75. The molecule has 1 heterocycles. The highest BCUT2D eigenvalue weighted by Crippen LogP contribution is 2.24. The Labute approximate surface area is 93.5 Å². The zero-order valence-corrected chi connectivity index (χ0v) is 10.0. The summed E-state index contributed by atoms with van der Waals surface area (Å²) in [5, 5.41) is 11.0. The van der Waals surface area contributed by atoms with Crippen molar-refractivity contribution < 1.29 is 5.11 Å². The molecule has 3 N–H and O–H groups in total. The fourth-order valence-electron chi connectivity index (χ4n) is 1.07. The van der Waals surface area contributed by atoms with Gasteiger partial charge in [-0.15, -0.1) is 23.1 Å². The predicted octanol–water partition coefficient (Wildman–Crippen LogP) is 2.33. The van der Waals surface area contributed by atoms with Gasteiger partial charge in [-0.05, 0) is 37.0 Å². The molecule has 0 saturated carbocycles. The number of aliphatic hydroxyl groups is 1. The highest BCUT2D eigenvalue weighted by Gasteiger charge is 2.15. The monoisotopic (exact) mass is 231 g/mol. The number of hydrogen-bond acceptors (Lipinski definition) is 4. The highest BCUT2D eigenvalue weighted by atomic mass is 32.2. The fraction of sp³-hybridized carbons (Fsp3) is 0.600. The zero-order valence-electron chi connectivity index (χ0n) is 8.40. The molecule has 0 aliphatic rings. The van der Waals surface area contributed by atoms with E-state index in [9.17, 15) is 0 Å². The van der Waals surface area contributed by atoms with E-state index in [1.165, 1.54) is 4.21 Å². The molecule has 2 nitrogen and oxygen atoms in total. The highest BCUT2D eigenvalue weighted by molar-refractivity contribution is 8.01. The summed E-state index contributed by atoms with van der Waals surface area (Å²) in [6.07, 6.45) is 1.93. The Morgan fingerprint density at radius 1 is 1.64 bits per heavy atom. The summed E-state index contributed by atoms with van der Waals surface area (Å²) in [7, 11) is 0. The molecule has 1 atom stereocenters. The van der Waals surface area contributed by atoms with E-state index < -0.39 is 5.54 Å². The van der Waals surface area contributed by atoms with Crippen LogP contribution in [-0.4, -0.2) is 23.0 Å². The minimum atomic E-state index is -0.407. The van der Waals surface area contributed by atoms with Crippen molar-refractivity contribution in [1.82, 2.24) is 0 Å². The molecule has 0 spiro atoms. The van der Waals surface area contributed by atoms with Crippen molar-refractivity contribution in [3.05, 3.63) is 17.5 Å². The SMILES string of the molecule is CC(N)(CO)CCCSc1cccs1. The van der Waals surface area contributed by atoms with Gasteiger partial charge in [-0.25, -0.2) is 0 Å². The van der Waals surface area contributed by atoms with Gasteiger partial charge in [0.15, 0.2) is 0 Å². The van der Waals surface area contributed by atoms with Crippen LogP contribution in [0.3, 0.4) is 0 Å². The summed E-state index contributed by atoms with van der Waals surface area (Å²) in [4.78, 5) is 0. The molecule has 4 heteroatoms. The number of rotatable bonds is 6. The molecule has 0 fully saturated rings. The van der Waals surface area contributed by atoms with Crippen molar-refractivity contribution in [1.29, 1.82) is 0 Å². The van der Waals surface area contributed by atoms with Crippen LogP contribution in [0.2, 0.25) is 0 Å². The molecule has 1 rings (SSSR count). The Morgan fingerprint density at radius 3 is 3.00 bits per heavy atom. The molecule has 0 saturated heterocycles. The first kappa shape index (κ1) is 12.0. The van der Waals surface area contributed by atoms with Gasteiger partial charge in [-0.1, -0.05) is 6.07 Å². The molecule has 1 aromatic heterocycles. The van der Waals surface area contributed by atoms with E-state index in [1.807, 2.05) is 18.7 Å². The van der Waals surface area contributed by atoms with Crippen molar-refractivity contribution in [2.45, 2.75) is 29.5 Å². The number of thioether (sulfide) groups is 1. The first-order valence-corrected chi connectivity index (χ1v) is 6.57. The maximum atomic E-state index is 8.95. The molecule has 0 aliphatic heterocycles. The van der Waals surface area contributed by atoms with Gasteiger partial charge in [0.1, 0.15) is 0 Å². The lowest BCUT2D eigenvalue weighted by molar-refractivity contribution is 0.200. The third-order valence-electron chi connectivity index (χ3n) is 1.99. The van der Waals surface area contributed by atoms with Crippen LogP contribution in [0.5, 0.6) is 0 Å². The first-order chi connectivity index (χ1) is 6.64. The Hall–Kier alpha value is -0.0300. The third kappa shape index (κ3) is 4.46. The Morgan fingerprint density at radius 2 is 2.43 bits per heavy atom. The average molecular weight is 231 g/mol. The Bertz CT molecular complexity index is 247. The van der Waals surface area contributed by atoms with Crippen molar-refractivity contribution in [2.24, 2.45) is 5.73 Å². The molecular formula is C10H17NOS2. The van der Waals surface area contributed by atoms with Crippen LogP contribution in [-0.2, 0) is 0 Å². The topological polar surface area (TPSA) is 46.2 Å². The standard InChI is InChI=1S/C10H17NOS2/c1-10(11,8-12)5-3-7-14-9-4-2-6-13-9/h2,4,6,12H,3,5,7-8,11H2,1H3. The first-order valence-electron chi connectivity index (χ1n) is 4.70. The molecule has 80 valence electrons. The smallest absolute Gasteiger partial charge is 0.0608 e. The van der Waals surface area contributed by atoms with Crippen LogP contribution in [0.25, 0.3) is 0 Å². The maximum absolute atomic E-state index is 8.95. The molecule has 14 heavy (non-hydrogen) atoms. The van der Waals surface area contributed by atoms with Gasteiger partial charge >= 0.3 is 0 Å². The summed E-state index contributed by atoms with van der Waals surface area (Å²) in [5.74, 6) is 1.08. The van der Waals surface area contributed by atoms with Crippen molar-refractivity contribution in [2.75, 3.05) is 12.4 Å². The van der Waals surface area contributed by atoms with E-state index in [0.717, 1.165) is 18.6 Å². The lowest BCUT2D eigenvalue weighted by atomic mass is 9.99.